The van der Waals surface area contributed by atoms with E-state index in [1.807, 2.05) is 11.8 Å². The van der Waals surface area contributed by atoms with Gasteiger partial charge in [-0.25, -0.2) is 0 Å². The first-order chi connectivity index (χ1) is 6.24. The number of nitrogens with zero attached hydrogens (tertiary/aromatic N) is 1. The van der Waals surface area contributed by atoms with Gasteiger partial charge in [0.05, 0.1) is 12.5 Å². The van der Waals surface area contributed by atoms with Gasteiger partial charge in [-0.2, -0.15) is 0 Å². The molecule has 0 spiro atoms. The van der Waals surface area contributed by atoms with Crippen LogP contribution < -0.4 is 0 Å². The molecule has 0 radical (unpaired) electrons. The van der Waals surface area contributed by atoms with E-state index in [0.29, 0.717) is 6.42 Å². The molecule has 0 bridgehead atoms. The van der Waals surface area contributed by atoms with Gasteiger partial charge in [-0.3, -0.25) is 4.79 Å². The quantitative estimate of drug-likeness (QED) is 0.714. The van der Waals surface area contributed by atoms with Crippen LogP contribution in [0.5, 0.6) is 0 Å². The molecule has 1 atom stereocenters. The molecule has 13 heavy (non-hydrogen) atoms. The van der Waals surface area contributed by atoms with Crippen LogP contribution in [0.25, 0.3) is 0 Å². The Balaban J connectivity index is 2.23. The molecule has 1 aliphatic heterocycles. The molecule has 76 valence electrons. The van der Waals surface area contributed by atoms with Crippen LogP contribution in [0.3, 0.4) is 0 Å². The monoisotopic (exact) mass is 185 g/mol. The predicted octanol–water partition coefficient (Wildman–Crippen LogP) is 1.16. The number of rotatable bonds is 4. The minimum absolute atomic E-state index is 0.124. The molecule has 0 aromatic heterocycles. The second-order valence-corrected chi connectivity index (χ2v) is 3.73. The van der Waals surface area contributed by atoms with E-state index >= 15 is 0 Å². The topological polar surface area (TPSA) is 40.5 Å². The number of aliphatic hydroxyl groups excluding tert-OH is 1. The zero-order valence-corrected chi connectivity index (χ0v) is 8.33. The number of hydrogen-bond donors (Lipinski definition) is 1. The molecule has 0 saturated carbocycles. The molecule has 0 aliphatic carbocycles. The first-order valence-corrected chi connectivity index (χ1v) is 5.20. The molecular weight excluding hydrogens is 166 g/mol. The third kappa shape index (κ3) is 3.35. The molecule has 0 unspecified atom stereocenters. The predicted molar refractivity (Wildman–Crippen MR) is 51.3 cm³/mol. The Bertz CT molecular complexity index is 164. The molecule has 3 heteroatoms. The minimum atomic E-state index is -0.432. The van der Waals surface area contributed by atoms with E-state index in [0.717, 1.165) is 38.8 Å². The fourth-order valence-electron chi connectivity index (χ4n) is 1.73. The molecule has 1 aliphatic rings. The molecule has 1 fully saturated rings. The molecule has 1 N–H and O–H groups in total. The summed E-state index contributed by atoms with van der Waals surface area (Å²) in [7, 11) is 0. The number of carbonyl (C=O) groups excluding carboxylic acids is 1. The summed E-state index contributed by atoms with van der Waals surface area (Å²) in [5, 5.41) is 9.43. The highest BCUT2D eigenvalue weighted by Crippen LogP contribution is 2.11. The maximum Gasteiger partial charge on any atom is 0.225 e. The smallest absolute Gasteiger partial charge is 0.225 e. The zero-order chi connectivity index (χ0) is 9.68. The summed E-state index contributed by atoms with van der Waals surface area (Å²) in [6.07, 6.45) is 3.80. The second-order valence-electron chi connectivity index (χ2n) is 3.73. The maximum absolute atomic E-state index is 11.5. The summed E-state index contributed by atoms with van der Waals surface area (Å²) >= 11 is 0. The van der Waals surface area contributed by atoms with Crippen molar-refractivity contribution < 1.29 is 9.90 Å². The van der Waals surface area contributed by atoms with E-state index in [1.54, 1.807) is 0 Å². The lowest BCUT2D eigenvalue weighted by Gasteiger charge is -2.17. The summed E-state index contributed by atoms with van der Waals surface area (Å²) in [5.41, 5.74) is 0. The standard InChI is InChI=1S/C10H19NO2/c1-2-5-9(12)8-10(13)11-6-3-4-7-11/h9,12H,2-8H2,1H3/t9-/m0/s1. The summed E-state index contributed by atoms with van der Waals surface area (Å²) < 4.78 is 0. The molecule has 1 rings (SSSR count). The fraction of sp³-hybridized carbons (Fsp3) is 0.900. The number of hydrogen-bond acceptors (Lipinski definition) is 2. The normalized spacial score (nSPS) is 19.1. The first kappa shape index (κ1) is 10.5. The van der Waals surface area contributed by atoms with Gasteiger partial charge in [0, 0.05) is 13.1 Å². The van der Waals surface area contributed by atoms with Gasteiger partial charge >= 0.3 is 0 Å². The van der Waals surface area contributed by atoms with Crippen LogP contribution in [0.1, 0.15) is 39.0 Å². The molecule has 0 aromatic rings. The van der Waals surface area contributed by atoms with E-state index in [4.69, 9.17) is 0 Å². The number of likely N-dealkylation sites (tertiary alicyclic amines) is 1. The van der Waals surface area contributed by atoms with E-state index in [-0.39, 0.29) is 5.91 Å². The molecule has 1 saturated heterocycles. The van der Waals surface area contributed by atoms with Gasteiger partial charge in [-0.15, -0.1) is 0 Å². The molecule has 0 aromatic carbocycles. The Labute approximate surface area is 79.7 Å². The highest BCUT2D eigenvalue weighted by atomic mass is 16.3. The summed E-state index contributed by atoms with van der Waals surface area (Å²) in [5.74, 6) is 0.124. The maximum atomic E-state index is 11.5. The molecule has 1 heterocycles. The fourth-order valence-corrected chi connectivity index (χ4v) is 1.73. The van der Waals surface area contributed by atoms with Crippen molar-refractivity contribution in [2.24, 2.45) is 0 Å². The lowest BCUT2D eigenvalue weighted by Crippen LogP contribution is -2.30. The Kier molecular flexibility index (Phi) is 4.22. The van der Waals surface area contributed by atoms with E-state index in [9.17, 15) is 9.90 Å². The minimum Gasteiger partial charge on any atom is -0.393 e. The Morgan fingerprint density at radius 1 is 1.46 bits per heavy atom. The van der Waals surface area contributed by atoms with Crippen LogP contribution in [0.15, 0.2) is 0 Å². The number of amides is 1. The third-order valence-electron chi connectivity index (χ3n) is 2.49. The van der Waals surface area contributed by atoms with E-state index < -0.39 is 6.10 Å². The Morgan fingerprint density at radius 2 is 2.08 bits per heavy atom. The van der Waals surface area contributed by atoms with Gasteiger partial charge in [0.25, 0.3) is 0 Å². The largest absolute Gasteiger partial charge is 0.393 e. The van der Waals surface area contributed by atoms with Gasteiger partial charge in [0.15, 0.2) is 0 Å². The lowest BCUT2D eigenvalue weighted by molar-refractivity contribution is -0.132. The van der Waals surface area contributed by atoms with Crippen molar-refractivity contribution in [3.63, 3.8) is 0 Å². The summed E-state index contributed by atoms with van der Waals surface area (Å²) in [6, 6.07) is 0. The third-order valence-corrected chi connectivity index (χ3v) is 2.49. The van der Waals surface area contributed by atoms with Crippen LogP contribution in [0.4, 0.5) is 0 Å². The second kappa shape index (κ2) is 5.22. The van der Waals surface area contributed by atoms with Crippen LogP contribution >= 0.6 is 0 Å². The van der Waals surface area contributed by atoms with Crippen molar-refractivity contribution in [1.82, 2.24) is 4.90 Å². The van der Waals surface area contributed by atoms with E-state index in [1.165, 1.54) is 0 Å². The number of aliphatic hydroxyl groups is 1. The van der Waals surface area contributed by atoms with Crippen LogP contribution in [-0.2, 0) is 4.79 Å². The van der Waals surface area contributed by atoms with Gasteiger partial charge in [0.2, 0.25) is 5.91 Å². The van der Waals surface area contributed by atoms with E-state index in [2.05, 4.69) is 0 Å². The van der Waals surface area contributed by atoms with Crippen molar-refractivity contribution in [1.29, 1.82) is 0 Å². The highest BCUT2D eigenvalue weighted by molar-refractivity contribution is 5.76. The van der Waals surface area contributed by atoms with Gasteiger partial charge < -0.3 is 10.0 Å². The Morgan fingerprint density at radius 3 is 2.62 bits per heavy atom. The number of carbonyl (C=O) groups is 1. The van der Waals surface area contributed by atoms with Crippen molar-refractivity contribution in [2.75, 3.05) is 13.1 Å². The Hall–Kier alpha value is -0.570. The van der Waals surface area contributed by atoms with Crippen molar-refractivity contribution in [3.05, 3.63) is 0 Å². The van der Waals surface area contributed by atoms with Gasteiger partial charge in [-0.1, -0.05) is 13.3 Å². The summed E-state index contributed by atoms with van der Waals surface area (Å²) in [4.78, 5) is 13.4. The highest BCUT2D eigenvalue weighted by Gasteiger charge is 2.19. The van der Waals surface area contributed by atoms with Crippen LogP contribution in [-0.4, -0.2) is 35.1 Å². The van der Waals surface area contributed by atoms with Crippen molar-refractivity contribution in [2.45, 2.75) is 45.1 Å². The molecule has 1 amide bonds. The molecular formula is C10H19NO2. The first-order valence-electron chi connectivity index (χ1n) is 5.20. The lowest BCUT2D eigenvalue weighted by atomic mass is 10.1. The van der Waals surface area contributed by atoms with Gasteiger partial charge in [0.1, 0.15) is 0 Å². The average molecular weight is 185 g/mol. The van der Waals surface area contributed by atoms with Gasteiger partial charge in [-0.05, 0) is 19.3 Å². The molecule has 3 nitrogen and oxygen atoms in total. The zero-order valence-electron chi connectivity index (χ0n) is 8.33. The van der Waals surface area contributed by atoms with Crippen molar-refractivity contribution >= 4 is 5.91 Å². The van der Waals surface area contributed by atoms with Crippen LogP contribution in [0, 0.1) is 0 Å². The average Bonchev–Trinajstić information content (AvgIpc) is 2.55. The van der Waals surface area contributed by atoms with Crippen LogP contribution in [0.2, 0.25) is 0 Å². The van der Waals surface area contributed by atoms with Crippen molar-refractivity contribution in [3.8, 4) is 0 Å². The SMILES string of the molecule is CCC[C@H](O)CC(=O)N1CCCC1. The summed E-state index contributed by atoms with van der Waals surface area (Å²) in [6.45, 7) is 3.79.